The smallest absolute Gasteiger partial charge is 0.335 e. The molecule has 0 fully saturated rings. The third-order valence-electron chi connectivity index (χ3n) is 5.48. The fourth-order valence-corrected chi connectivity index (χ4v) is 3.92. The largest absolute Gasteiger partial charge is 0.478 e. The summed E-state index contributed by atoms with van der Waals surface area (Å²) in [6.07, 6.45) is 21.4. The molecule has 0 amide bonds. The van der Waals surface area contributed by atoms with Gasteiger partial charge in [0, 0.05) is 26.6 Å². The fraction of sp³-hybridized carbons (Fsp3) is 0. The van der Waals surface area contributed by atoms with Gasteiger partial charge in [-0.05, 0) is 84.5 Å². The van der Waals surface area contributed by atoms with Crippen molar-refractivity contribution in [3.63, 3.8) is 0 Å². The summed E-state index contributed by atoms with van der Waals surface area (Å²) in [6.45, 7) is 0. The summed E-state index contributed by atoms with van der Waals surface area (Å²) in [4.78, 5) is 30.0. The number of hydrogen-bond donors (Lipinski definition) is 1. The van der Waals surface area contributed by atoms with Crippen LogP contribution in [0.2, 0.25) is 0 Å². The molecule has 5 heterocycles. The van der Waals surface area contributed by atoms with E-state index < -0.39 is 5.97 Å². The Balaban J connectivity index is 0.00000241. The van der Waals surface area contributed by atoms with Gasteiger partial charge in [0.25, 0.3) is 0 Å². The second kappa shape index (κ2) is 8.73. The molecule has 34 heavy (non-hydrogen) atoms. The van der Waals surface area contributed by atoms with Crippen molar-refractivity contribution in [2.45, 2.75) is 0 Å². The molecule has 1 N–H and O–H groups in total. The summed E-state index contributed by atoms with van der Waals surface area (Å²) >= 11 is 0. The van der Waals surface area contributed by atoms with Crippen LogP contribution >= 0.6 is 0 Å². The normalized spacial score (nSPS) is 19.2. The Hall–Kier alpha value is -4.02. The Morgan fingerprint density at radius 1 is 0.588 bits per heavy atom. The van der Waals surface area contributed by atoms with Gasteiger partial charge in [0.1, 0.15) is 0 Å². The molecule has 0 spiro atoms. The summed E-state index contributed by atoms with van der Waals surface area (Å²) in [5.74, 6) is -0.952. The van der Waals surface area contributed by atoms with E-state index in [4.69, 9.17) is 4.99 Å². The van der Waals surface area contributed by atoms with Crippen molar-refractivity contribution in [1.29, 1.82) is 0 Å². The Morgan fingerprint density at radius 2 is 1.09 bits per heavy atom. The van der Waals surface area contributed by atoms with E-state index in [2.05, 4.69) is 15.0 Å². The van der Waals surface area contributed by atoms with Gasteiger partial charge in [0.15, 0.2) is 0 Å². The molecular formula is C27H16N4O2Pt. The van der Waals surface area contributed by atoms with Crippen LogP contribution in [0.1, 0.15) is 15.9 Å². The van der Waals surface area contributed by atoms with Gasteiger partial charge in [0.2, 0.25) is 0 Å². The van der Waals surface area contributed by atoms with Crippen LogP contribution in [0.15, 0.2) is 134 Å². The second-order valence-corrected chi connectivity index (χ2v) is 7.82. The molecule has 5 aliphatic rings. The van der Waals surface area contributed by atoms with Crippen molar-refractivity contribution in [1.82, 2.24) is 0 Å². The number of fused-ring (bicyclic) bond motifs is 4. The fourth-order valence-electron chi connectivity index (χ4n) is 3.92. The van der Waals surface area contributed by atoms with E-state index in [0.717, 1.165) is 56.8 Å². The van der Waals surface area contributed by atoms with Gasteiger partial charge in [-0.2, -0.15) is 0 Å². The third-order valence-corrected chi connectivity index (χ3v) is 5.48. The number of carbonyl (C=O) groups is 1. The van der Waals surface area contributed by atoms with E-state index in [1.807, 2.05) is 66.8 Å². The molecule has 6 rings (SSSR count). The maximum Gasteiger partial charge on any atom is 0.335 e. The van der Waals surface area contributed by atoms with Crippen molar-refractivity contribution in [3.05, 3.63) is 125 Å². The minimum absolute atomic E-state index is 0. The zero-order valence-corrected chi connectivity index (χ0v) is 19.9. The number of aliphatic imine (C=N–C) groups is 4. The van der Waals surface area contributed by atoms with Crippen molar-refractivity contribution in [2.24, 2.45) is 20.0 Å². The summed E-state index contributed by atoms with van der Waals surface area (Å²) in [6, 6.07) is 6.80. The summed E-state index contributed by atoms with van der Waals surface area (Å²) in [7, 11) is 0. The number of allylic oxidation sites excluding steroid dienone is 12. The standard InChI is InChI=1S/C27H16N4O2.Pt/c32-27(33)17-3-1-16(2-4-17)25-14-24-13-22-8-7-20(29-22)11-18-5-6-19(28-18)12-21-9-10-23(30-21)15-26(25)31-24;/h1-15H,(H,32,33);. The quantitative estimate of drug-likeness (QED) is 0.514. The van der Waals surface area contributed by atoms with Crippen LogP contribution < -0.4 is 0 Å². The van der Waals surface area contributed by atoms with Gasteiger partial charge < -0.3 is 5.11 Å². The van der Waals surface area contributed by atoms with E-state index in [1.165, 1.54) is 0 Å². The molecular weight excluding hydrogens is 607 g/mol. The van der Waals surface area contributed by atoms with E-state index >= 15 is 0 Å². The average Bonchev–Trinajstić information content (AvgIpc) is 3.59. The Kier molecular flexibility index (Phi) is 5.60. The molecule has 1 aromatic rings. The van der Waals surface area contributed by atoms with Gasteiger partial charge in [-0.15, -0.1) is 0 Å². The van der Waals surface area contributed by atoms with Crippen LogP contribution in [0.4, 0.5) is 0 Å². The molecule has 166 valence electrons. The van der Waals surface area contributed by atoms with Crippen molar-refractivity contribution < 1.29 is 31.0 Å². The van der Waals surface area contributed by atoms with Gasteiger partial charge in [-0.1, -0.05) is 12.1 Å². The Bertz CT molecular complexity index is 1500. The Labute approximate surface area is 209 Å². The first kappa shape index (κ1) is 21.8. The minimum Gasteiger partial charge on any atom is -0.478 e. The van der Waals surface area contributed by atoms with Gasteiger partial charge >= 0.3 is 5.97 Å². The van der Waals surface area contributed by atoms with Gasteiger partial charge in [0.05, 0.1) is 51.2 Å². The van der Waals surface area contributed by atoms with E-state index in [0.29, 0.717) is 0 Å². The summed E-state index contributed by atoms with van der Waals surface area (Å²) in [5, 5.41) is 9.22. The molecule has 7 heteroatoms. The summed E-state index contributed by atoms with van der Waals surface area (Å²) < 4.78 is 0. The molecule has 0 radical (unpaired) electrons. The monoisotopic (exact) mass is 623 g/mol. The zero-order valence-electron chi connectivity index (χ0n) is 17.6. The second-order valence-electron chi connectivity index (χ2n) is 7.82. The molecule has 6 nitrogen and oxygen atoms in total. The number of hydrogen-bond acceptors (Lipinski definition) is 5. The number of nitrogens with zero attached hydrogens (tertiary/aromatic N) is 4. The van der Waals surface area contributed by atoms with Gasteiger partial charge in [-0.25, -0.2) is 24.8 Å². The third kappa shape index (κ3) is 4.28. The zero-order chi connectivity index (χ0) is 22.4. The maximum absolute atomic E-state index is 11.2. The molecule has 0 aliphatic carbocycles. The van der Waals surface area contributed by atoms with Gasteiger partial charge in [-0.3, -0.25) is 0 Å². The number of carboxylic acids is 1. The predicted octanol–water partition coefficient (Wildman–Crippen LogP) is 4.80. The van der Waals surface area contributed by atoms with Crippen LogP contribution in [-0.4, -0.2) is 33.9 Å². The average molecular weight is 624 g/mol. The van der Waals surface area contributed by atoms with Crippen LogP contribution in [-0.2, 0) is 21.1 Å². The number of aromatic carboxylic acids is 1. The van der Waals surface area contributed by atoms with Crippen LogP contribution in [0.5, 0.6) is 0 Å². The molecule has 0 saturated heterocycles. The molecule has 5 aliphatic heterocycles. The molecule has 0 aromatic heterocycles. The van der Waals surface area contributed by atoms with Crippen LogP contribution in [0, 0.1) is 0 Å². The molecule has 0 saturated carbocycles. The number of rotatable bonds is 2. The summed E-state index contributed by atoms with van der Waals surface area (Å²) in [5.41, 5.74) is 8.46. The predicted molar refractivity (Wildman–Crippen MR) is 131 cm³/mol. The van der Waals surface area contributed by atoms with E-state index in [1.54, 1.807) is 24.3 Å². The van der Waals surface area contributed by atoms with E-state index in [-0.39, 0.29) is 26.6 Å². The van der Waals surface area contributed by atoms with Crippen molar-refractivity contribution >= 4 is 34.4 Å². The first-order valence-electron chi connectivity index (χ1n) is 10.4. The van der Waals surface area contributed by atoms with Crippen molar-refractivity contribution in [3.8, 4) is 0 Å². The van der Waals surface area contributed by atoms with Crippen LogP contribution in [0.25, 0.3) is 5.57 Å². The first-order chi connectivity index (χ1) is 16.1. The van der Waals surface area contributed by atoms with Crippen LogP contribution in [0.3, 0.4) is 0 Å². The van der Waals surface area contributed by atoms with E-state index in [9.17, 15) is 9.90 Å². The Morgan fingerprint density at radius 3 is 1.62 bits per heavy atom. The number of carboxylic acid groups (broad SMARTS) is 1. The molecule has 1 aromatic carbocycles. The molecule has 0 unspecified atom stereocenters. The maximum atomic E-state index is 11.2. The molecule has 8 bridgehead atoms. The SMILES string of the molecule is O=C(O)c1ccc(C2=CC3=NC2=CC2=NC(=CC4=NC(=CC5=NC(=C3)C=C5)C=C4)C=C2)cc1.[Pt]. The molecule has 0 atom stereocenters. The minimum atomic E-state index is -0.952. The first-order valence-corrected chi connectivity index (χ1v) is 10.4. The number of benzene rings is 1. The van der Waals surface area contributed by atoms with Crippen molar-refractivity contribution in [2.75, 3.05) is 0 Å². The topological polar surface area (TPSA) is 86.7 Å².